The van der Waals surface area contributed by atoms with Crippen molar-refractivity contribution in [3.8, 4) is 0 Å². The predicted molar refractivity (Wildman–Crippen MR) is 69.2 cm³/mol. The number of nitrogens with zero attached hydrogens (tertiary/aromatic N) is 1. The molecular weight excluding hydrogens is 218 g/mol. The molecule has 0 aliphatic carbocycles. The summed E-state index contributed by atoms with van der Waals surface area (Å²) < 4.78 is 0.147. The van der Waals surface area contributed by atoms with Gasteiger partial charge in [0.05, 0.1) is 5.03 Å². The number of thioether (sulfide) groups is 1. The predicted octanol–water partition coefficient (Wildman–Crippen LogP) is 3.87. The maximum atomic E-state index is 11.5. The first-order chi connectivity index (χ1) is 7.33. The van der Waals surface area contributed by atoms with Gasteiger partial charge in [-0.25, -0.2) is 4.98 Å². The summed E-state index contributed by atoms with van der Waals surface area (Å²) in [6.07, 6.45) is 2.22. The molecular formula is C13H19NOS. The van der Waals surface area contributed by atoms with Crippen LogP contribution in [0.25, 0.3) is 0 Å². The summed E-state index contributed by atoms with van der Waals surface area (Å²) in [7, 11) is 0. The lowest BCUT2D eigenvalue weighted by atomic mass is 10.1. The third-order valence-corrected chi connectivity index (χ3v) is 3.31. The zero-order valence-corrected chi connectivity index (χ0v) is 11.4. The molecule has 0 saturated heterocycles. The van der Waals surface area contributed by atoms with Crippen molar-refractivity contribution in [3.05, 3.63) is 23.4 Å². The van der Waals surface area contributed by atoms with Crippen molar-refractivity contribution in [1.29, 1.82) is 0 Å². The van der Waals surface area contributed by atoms with E-state index in [-0.39, 0.29) is 10.5 Å². The lowest BCUT2D eigenvalue weighted by Gasteiger charge is -2.18. The molecule has 0 aliphatic heterocycles. The van der Waals surface area contributed by atoms with Gasteiger partial charge in [-0.15, -0.1) is 11.8 Å². The Balaban J connectivity index is 2.96. The molecule has 1 aromatic heterocycles. The molecule has 0 spiro atoms. The number of aryl methyl sites for hydroxylation is 1. The highest BCUT2D eigenvalue weighted by atomic mass is 32.2. The van der Waals surface area contributed by atoms with Gasteiger partial charge in [0.25, 0.3) is 0 Å². The molecule has 0 amide bonds. The van der Waals surface area contributed by atoms with E-state index in [1.807, 2.05) is 19.9 Å². The lowest BCUT2D eigenvalue weighted by Crippen LogP contribution is -2.08. The summed E-state index contributed by atoms with van der Waals surface area (Å²) in [6.45, 7) is 10.3. The second kappa shape index (κ2) is 5.00. The van der Waals surface area contributed by atoms with E-state index in [9.17, 15) is 4.79 Å². The summed E-state index contributed by atoms with van der Waals surface area (Å²) in [5, 5.41) is 1.01. The smallest absolute Gasteiger partial charge is 0.164 e. The van der Waals surface area contributed by atoms with E-state index >= 15 is 0 Å². The summed E-state index contributed by atoms with van der Waals surface area (Å²) in [4.78, 5) is 15.9. The highest BCUT2D eigenvalue weighted by molar-refractivity contribution is 8.00. The first kappa shape index (κ1) is 13.2. The third kappa shape index (κ3) is 3.63. The number of carbonyl (C=O) groups is 1. The fourth-order valence-electron chi connectivity index (χ4n) is 1.32. The Morgan fingerprint density at radius 2 is 2.06 bits per heavy atom. The van der Waals surface area contributed by atoms with Crippen LogP contribution in [0, 0.1) is 6.92 Å². The van der Waals surface area contributed by atoms with Crippen LogP contribution in [-0.2, 0) is 0 Å². The Morgan fingerprint density at radius 3 is 2.50 bits per heavy atom. The van der Waals surface area contributed by atoms with Gasteiger partial charge in [-0.3, -0.25) is 4.79 Å². The van der Waals surface area contributed by atoms with Crippen molar-refractivity contribution in [2.24, 2.45) is 0 Å². The molecule has 0 bridgehead atoms. The van der Waals surface area contributed by atoms with Crippen LogP contribution in [0.4, 0.5) is 0 Å². The Kier molecular flexibility index (Phi) is 4.14. The largest absolute Gasteiger partial charge is 0.294 e. The highest BCUT2D eigenvalue weighted by Gasteiger charge is 2.15. The van der Waals surface area contributed by atoms with Crippen molar-refractivity contribution in [2.45, 2.75) is 50.8 Å². The molecule has 2 nitrogen and oxygen atoms in total. The fourth-order valence-corrected chi connectivity index (χ4v) is 2.22. The second-order valence-corrected chi connectivity index (χ2v) is 6.65. The third-order valence-electron chi connectivity index (χ3n) is 2.08. The maximum absolute atomic E-state index is 11.5. The molecule has 3 heteroatoms. The number of pyridine rings is 1. The number of rotatable bonds is 3. The van der Waals surface area contributed by atoms with Gasteiger partial charge in [0.1, 0.15) is 0 Å². The van der Waals surface area contributed by atoms with Gasteiger partial charge in [-0.2, -0.15) is 0 Å². The van der Waals surface area contributed by atoms with Crippen LogP contribution in [0.5, 0.6) is 0 Å². The first-order valence-corrected chi connectivity index (χ1v) is 6.34. The average Bonchev–Trinajstić information content (AvgIpc) is 2.18. The minimum absolute atomic E-state index is 0.147. The van der Waals surface area contributed by atoms with Crippen molar-refractivity contribution < 1.29 is 4.79 Å². The molecule has 0 N–H and O–H groups in total. The normalized spacial score (nSPS) is 11.6. The van der Waals surface area contributed by atoms with Crippen molar-refractivity contribution in [2.75, 3.05) is 0 Å². The maximum Gasteiger partial charge on any atom is 0.164 e. The summed E-state index contributed by atoms with van der Waals surface area (Å²) in [5.41, 5.74) is 1.80. The van der Waals surface area contributed by atoms with E-state index in [2.05, 4.69) is 25.8 Å². The minimum Gasteiger partial charge on any atom is -0.294 e. The highest BCUT2D eigenvalue weighted by Crippen LogP contribution is 2.32. The lowest BCUT2D eigenvalue weighted by molar-refractivity contribution is 0.0987. The number of hydrogen-bond donors (Lipinski definition) is 0. The molecule has 0 aliphatic rings. The molecule has 0 radical (unpaired) electrons. The molecule has 0 saturated carbocycles. The monoisotopic (exact) mass is 237 g/mol. The Labute approximate surface area is 102 Å². The number of hydrogen-bond acceptors (Lipinski definition) is 3. The van der Waals surface area contributed by atoms with Crippen LogP contribution in [0.15, 0.2) is 17.3 Å². The fraction of sp³-hybridized carbons (Fsp3) is 0.538. The molecule has 16 heavy (non-hydrogen) atoms. The molecule has 0 aromatic carbocycles. The van der Waals surface area contributed by atoms with E-state index in [0.29, 0.717) is 6.42 Å². The van der Waals surface area contributed by atoms with Crippen LogP contribution >= 0.6 is 11.8 Å². The number of Topliss-reactive ketones (excluding diaryl/α,β-unsaturated/α-hetero) is 1. The van der Waals surface area contributed by atoms with Gasteiger partial charge in [0, 0.05) is 22.9 Å². The van der Waals surface area contributed by atoms with Gasteiger partial charge in [-0.1, -0.05) is 27.7 Å². The van der Waals surface area contributed by atoms with E-state index in [0.717, 1.165) is 16.2 Å². The van der Waals surface area contributed by atoms with Crippen molar-refractivity contribution in [3.63, 3.8) is 0 Å². The van der Waals surface area contributed by atoms with Gasteiger partial charge >= 0.3 is 0 Å². The van der Waals surface area contributed by atoms with Crippen LogP contribution < -0.4 is 0 Å². The topological polar surface area (TPSA) is 30.0 Å². The van der Waals surface area contributed by atoms with E-state index in [1.165, 1.54) is 0 Å². The van der Waals surface area contributed by atoms with E-state index in [1.54, 1.807) is 18.0 Å². The van der Waals surface area contributed by atoms with Gasteiger partial charge in [0.15, 0.2) is 5.78 Å². The first-order valence-electron chi connectivity index (χ1n) is 5.52. The zero-order valence-electron chi connectivity index (χ0n) is 10.6. The zero-order chi connectivity index (χ0) is 12.3. The standard InChI is InChI=1S/C13H19NOS/c1-6-11(15)10-7-9(2)12(14-8-10)16-13(3,4)5/h7-8H,6H2,1-5H3. The molecule has 0 unspecified atom stereocenters. The number of ketones is 1. The van der Waals surface area contributed by atoms with Crippen LogP contribution in [0.1, 0.15) is 50.0 Å². The average molecular weight is 237 g/mol. The summed E-state index contributed by atoms with van der Waals surface area (Å²) in [6, 6.07) is 1.94. The molecule has 0 fully saturated rings. The van der Waals surface area contributed by atoms with E-state index in [4.69, 9.17) is 0 Å². The van der Waals surface area contributed by atoms with Gasteiger partial charge < -0.3 is 0 Å². The van der Waals surface area contributed by atoms with Crippen molar-refractivity contribution in [1.82, 2.24) is 4.98 Å². The van der Waals surface area contributed by atoms with Gasteiger partial charge in [0.2, 0.25) is 0 Å². The van der Waals surface area contributed by atoms with E-state index < -0.39 is 0 Å². The second-order valence-electron chi connectivity index (χ2n) is 4.84. The van der Waals surface area contributed by atoms with Gasteiger partial charge in [-0.05, 0) is 18.6 Å². The van der Waals surface area contributed by atoms with Crippen molar-refractivity contribution >= 4 is 17.5 Å². The Morgan fingerprint density at radius 1 is 1.44 bits per heavy atom. The summed E-state index contributed by atoms with van der Waals surface area (Å²) in [5.74, 6) is 0.155. The van der Waals surface area contributed by atoms with Crippen LogP contribution in [-0.4, -0.2) is 15.5 Å². The molecule has 1 rings (SSSR count). The Bertz CT molecular complexity index is 393. The molecule has 0 atom stereocenters. The van der Waals surface area contributed by atoms with Crippen LogP contribution in [0.3, 0.4) is 0 Å². The Hall–Kier alpha value is -0.830. The summed E-state index contributed by atoms with van der Waals surface area (Å²) >= 11 is 1.73. The number of aromatic nitrogens is 1. The molecule has 1 aromatic rings. The SMILES string of the molecule is CCC(=O)c1cnc(SC(C)(C)C)c(C)c1. The quantitative estimate of drug-likeness (QED) is 0.590. The van der Waals surface area contributed by atoms with Crippen LogP contribution in [0.2, 0.25) is 0 Å². The molecule has 88 valence electrons. The minimum atomic E-state index is 0.147. The number of carbonyl (C=O) groups excluding carboxylic acids is 1. The molecule has 1 heterocycles.